The van der Waals surface area contributed by atoms with Crippen LogP contribution >= 0.6 is 0 Å². The van der Waals surface area contributed by atoms with Crippen molar-refractivity contribution in [1.29, 1.82) is 0 Å². The molecule has 0 amide bonds. The Morgan fingerprint density at radius 3 is 2.75 bits per heavy atom. The molecular formula is C11H21N3O2. The van der Waals surface area contributed by atoms with Gasteiger partial charge < -0.3 is 14.6 Å². The summed E-state index contributed by atoms with van der Waals surface area (Å²) in [6.45, 7) is 7.13. The van der Waals surface area contributed by atoms with E-state index in [9.17, 15) is 0 Å². The number of ether oxygens (including phenoxy) is 1. The quantitative estimate of drug-likeness (QED) is 0.718. The fourth-order valence-corrected chi connectivity index (χ4v) is 1.27. The third kappa shape index (κ3) is 4.28. The minimum Gasteiger partial charge on any atom is -0.374 e. The number of hydrogen-bond donors (Lipinski definition) is 1. The van der Waals surface area contributed by atoms with E-state index in [1.807, 2.05) is 6.92 Å². The normalized spacial score (nSPS) is 13.3. The summed E-state index contributed by atoms with van der Waals surface area (Å²) in [5, 5.41) is 7.21. The lowest BCUT2D eigenvalue weighted by molar-refractivity contribution is 0.109. The first-order chi connectivity index (χ1) is 7.63. The van der Waals surface area contributed by atoms with E-state index in [0.29, 0.717) is 17.8 Å². The fourth-order valence-electron chi connectivity index (χ4n) is 1.27. The van der Waals surface area contributed by atoms with Gasteiger partial charge in [0.25, 0.3) is 0 Å². The van der Waals surface area contributed by atoms with Gasteiger partial charge in [0.1, 0.15) is 6.10 Å². The number of nitrogens with one attached hydrogen (secondary N) is 1. The van der Waals surface area contributed by atoms with E-state index < -0.39 is 0 Å². The molecule has 5 heteroatoms. The topological polar surface area (TPSA) is 60.2 Å². The highest BCUT2D eigenvalue weighted by Gasteiger charge is 2.12. The Morgan fingerprint density at radius 2 is 2.12 bits per heavy atom. The van der Waals surface area contributed by atoms with Crippen molar-refractivity contribution in [3.8, 4) is 0 Å². The van der Waals surface area contributed by atoms with E-state index in [0.717, 1.165) is 19.4 Å². The number of nitrogens with zero attached hydrogens (tertiary/aromatic N) is 2. The van der Waals surface area contributed by atoms with Gasteiger partial charge in [0.2, 0.25) is 5.89 Å². The molecule has 0 saturated carbocycles. The van der Waals surface area contributed by atoms with Crippen LogP contribution in [-0.2, 0) is 11.2 Å². The van der Waals surface area contributed by atoms with Gasteiger partial charge in [0.05, 0.1) is 0 Å². The standard InChI is InChI=1S/C11H21N3O2/c1-8(2)12-7-5-6-10-13-11(14-16-10)9(3)15-4/h8-9,12H,5-7H2,1-4H3. The molecule has 1 aromatic heterocycles. The Kier molecular flexibility index (Phi) is 5.42. The average Bonchev–Trinajstić information content (AvgIpc) is 2.71. The van der Waals surface area contributed by atoms with Crippen molar-refractivity contribution in [2.24, 2.45) is 0 Å². The Balaban J connectivity index is 2.29. The first kappa shape index (κ1) is 13.1. The fraction of sp³-hybridized carbons (Fsp3) is 0.818. The van der Waals surface area contributed by atoms with Gasteiger partial charge >= 0.3 is 0 Å². The van der Waals surface area contributed by atoms with E-state index in [1.165, 1.54) is 0 Å². The zero-order chi connectivity index (χ0) is 12.0. The summed E-state index contributed by atoms with van der Waals surface area (Å²) in [6.07, 6.45) is 1.70. The van der Waals surface area contributed by atoms with Gasteiger partial charge in [-0.3, -0.25) is 0 Å². The van der Waals surface area contributed by atoms with Crippen molar-refractivity contribution in [2.45, 2.75) is 45.8 Å². The monoisotopic (exact) mass is 227 g/mol. The van der Waals surface area contributed by atoms with E-state index >= 15 is 0 Å². The smallest absolute Gasteiger partial charge is 0.226 e. The second-order valence-electron chi connectivity index (χ2n) is 4.14. The molecule has 1 heterocycles. The van der Waals surface area contributed by atoms with Gasteiger partial charge in [0.15, 0.2) is 5.82 Å². The van der Waals surface area contributed by atoms with Crippen molar-refractivity contribution >= 4 is 0 Å². The molecule has 1 atom stereocenters. The SMILES string of the molecule is COC(C)c1noc(CCCNC(C)C)n1. The molecule has 1 N–H and O–H groups in total. The van der Waals surface area contributed by atoms with Crippen LogP contribution in [0.25, 0.3) is 0 Å². The first-order valence-corrected chi connectivity index (χ1v) is 5.72. The molecule has 0 bridgehead atoms. The lowest BCUT2D eigenvalue weighted by Gasteiger charge is -2.05. The summed E-state index contributed by atoms with van der Waals surface area (Å²) >= 11 is 0. The van der Waals surface area contributed by atoms with Crippen LogP contribution in [0.15, 0.2) is 4.52 Å². The molecule has 92 valence electrons. The zero-order valence-electron chi connectivity index (χ0n) is 10.5. The van der Waals surface area contributed by atoms with Crippen LogP contribution < -0.4 is 5.32 Å². The van der Waals surface area contributed by atoms with Gasteiger partial charge in [-0.1, -0.05) is 19.0 Å². The van der Waals surface area contributed by atoms with Crippen molar-refractivity contribution in [1.82, 2.24) is 15.5 Å². The number of hydrogen-bond acceptors (Lipinski definition) is 5. The van der Waals surface area contributed by atoms with E-state index in [-0.39, 0.29) is 6.10 Å². The molecule has 1 unspecified atom stereocenters. The highest BCUT2D eigenvalue weighted by molar-refractivity contribution is 4.89. The van der Waals surface area contributed by atoms with Gasteiger partial charge in [-0.15, -0.1) is 0 Å². The lowest BCUT2D eigenvalue weighted by Crippen LogP contribution is -2.23. The Labute approximate surface area is 96.6 Å². The molecule has 1 rings (SSSR count). The van der Waals surface area contributed by atoms with Gasteiger partial charge in [-0.25, -0.2) is 0 Å². The molecular weight excluding hydrogens is 206 g/mol. The Morgan fingerprint density at radius 1 is 1.38 bits per heavy atom. The van der Waals surface area contributed by atoms with E-state index in [1.54, 1.807) is 7.11 Å². The third-order valence-electron chi connectivity index (χ3n) is 2.32. The molecule has 0 aromatic carbocycles. The molecule has 0 aliphatic carbocycles. The third-order valence-corrected chi connectivity index (χ3v) is 2.32. The minimum atomic E-state index is -0.105. The predicted molar refractivity (Wildman–Crippen MR) is 61.2 cm³/mol. The second kappa shape index (κ2) is 6.60. The van der Waals surface area contributed by atoms with Crippen molar-refractivity contribution in [3.63, 3.8) is 0 Å². The van der Waals surface area contributed by atoms with Gasteiger partial charge in [-0.2, -0.15) is 4.98 Å². The summed E-state index contributed by atoms with van der Waals surface area (Å²) in [4.78, 5) is 4.27. The first-order valence-electron chi connectivity index (χ1n) is 5.72. The van der Waals surface area contributed by atoms with Gasteiger partial charge in [-0.05, 0) is 19.9 Å². The highest BCUT2D eigenvalue weighted by atomic mass is 16.5. The van der Waals surface area contributed by atoms with Crippen LogP contribution in [-0.4, -0.2) is 29.8 Å². The summed E-state index contributed by atoms with van der Waals surface area (Å²) in [5.41, 5.74) is 0. The van der Waals surface area contributed by atoms with Crippen molar-refractivity contribution < 1.29 is 9.26 Å². The van der Waals surface area contributed by atoms with Crippen LogP contribution in [0.5, 0.6) is 0 Å². The number of rotatable bonds is 7. The number of aromatic nitrogens is 2. The molecule has 0 aliphatic heterocycles. The summed E-state index contributed by atoms with van der Waals surface area (Å²) in [5.74, 6) is 1.30. The van der Waals surface area contributed by atoms with Crippen LogP contribution in [0.3, 0.4) is 0 Å². The van der Waals surface area contributed by atoms with E-state index in [4.69, 9.17) is 9.26 Å². The molecule has 5 nitrogen and oxygen atoms in total. The Hall–Kier alpha value is -0.940. The largest absolute Gasteiger partial charge is 0.374 e. The highest BCUT2D eigenvalue weighted by Crippen LogP contribution is 2.11. The molecule has 0 radical (unpaired) electrons. The van der Waals surface area contributed by atoms with Crippen LogP contribution in [0.2, 0.25) is 0 Å². The maximum Gasteiger partial charge on any atom is 0.226 e. The second-order valence-corrected chi connectivity index (χ2v) is 4.14. The van der Waals surface area contributed by atoms with Gasteiger partial charge in [0, 0.05) is 19.6 Å². The minimum absolute atomic E-state index is 0.105. The molecule has 0 spiro atoms. The van der Waals surface area contributed by atoms with Crippen molar-refractivity contribution in [3.05, 3.63) is 11.7 Å². The molecule has 0 aliphatic rings. The summed E-state index contributed by atoms with van der Waals surface area (Å²) < 4.78 is 10.2. The van der Waals surface area contributed by atoms with Crippen molar-refractivity contribution in [2.75, 3.05) is 13.7 Å². The van der Waals surface area contributed by atoms with Crippen LogP contribution in [0, 0.1) is 0 Å². The molecule has 0 fully saturated rings. The molecule has 1 aromatic rings. The Bertz CT molecular complexity index is 299. The summed E-state index contributed by atoms with van der Waals surface area (Å²) in [7, 11) is 1.63. The van der Waals surface area contributed by atoms with Crippen LogP contribution in [0.1, 0.15) is 45.0 Å². The number of methoxy groups -OCH3 is 1. The maximum atomic E-state index is 5.13. The zero-order valence-corrected chi connectivity index (χ0v) is 10.5. The van der Waals surface area contributed by atoms with Crippen LogP contribution in [0.4, 0.5) is 0 Å². The predicted octanol–water partition coefficient (Wildman–Crippen LogP) is 1.71. The lowest BCUT2D eigenvalue weighted by atomic mass is 10.3. The molecule has 16 heavy (non-hydrogen) atoms. The number of aryl methyl sites for hydroxylation is 1. The maximum absolute atomic E-state index is 5.13. The molecule has 0 saturated heterocycles. The van der Waals surface area contributed by atoms with E-state index in [2.05, 4.69) is 29.3 Å². The average molecular weight is 227 g/mol. The summed E-state index contributed by atoms with van der Waals surface area (Å²) in [6, 6.07) is 0.520.